The lowest BCUT2D eigenvalue weighted by molar-refractivity contribution is -0.119. The number of thiophene rings is 1. The molecule has 3 heterocycles. The van der Waals surface area contributed by atoms with Crippen molar-refractivity contribution in [1.29, 1.82) is 0 Å². The van der Waals surface area contributed by atoms with Crippen LogP contribution in [-0.4, -0.2) is 16.2 Å². The molecule has 2 aromatic rings. The van der Waals surface area contributed by atoms with Gasteiger partial charge >= 0.3 is 0 Å². The van der Waals surface area contributed by atoms with E-state index in [2.05, 4.69) is 43.0 Å². The molecule has 2 nitrogen and oxygen atoms in total. The summed E-state index contributed by atoms with van der Waals surface area (Å²) >= 11 is 1.60. The fraction of sp³-hybridized carbons (Fsp3) is 0.136. The van der Waals surface area contributed by atoms with Crippen molar-refractivity contribution in [2.45, 2.75) is 19.4 Å². The van der Waals surface area contributed by atoms with Gasteiger partial charge in [0.25, 0.3) is 0 Å². The molecule has 0 N–H and O–H groups in total. The van der Waals surface area contributed by atoms with Crippen molar-refractivity contribution in [2.75, 3.05) is 0 Å². The Labute approximate surface area is 151 Å². The minimum atomic E-state index is -0.701. The zero-order valence-electron chi connectivity index (χ0n) is 14.1. The minimum Gasteiger partial charge on any atom is -0.329 e. The van der Waals surface area contributed by atoms with E-state index in [1.807, 2.05) is 53.1 Å². The molecule has 1 atom stereocenters. The highest BCUT2D eigenvalue weighted by Crippen LogP contribution is 2.42. The highest BCUT2D eigenvalue weighted by Gasteiger charge is 2.47. The van der Waals surface area contributed by atoms with Crippen LogP contribution in [0.4, 0.5) is 0 Å². The van der Waals surface area contributed by atoms with E-state index in [1.165, 1.54) is 5.56 Å². The van der Waals surface area contributed by atoms with Crippen molar-refractivity contribution < 1.29 is 4.79 Å². The Hall–Kier alpha value is -2.83. The van der Waals surface area contributed by atoms with Crippen LogP contribution in [0.2, 0.25) is 0 Å². The Balaban J connectivity index is 1.90. The maximum Gasteiger partial charge on any atom is 0.202 e. The molecular formula is C22H17NOS. The number of aryl methyl sites for hydroxylation is 1. The van der Waals surface area contributed by atoms with Crippen molar-refractivity contribution in [3.8, 4) is 11.8 Å². The summed E-state index contributed by atoms with van der Waals surface area (Å²) in [5.74, 6) is 6.35. The van der Waals surface area contributed by atoms with Gasteiger partial charge < -0.3 is 4.90 Å². The van der Waals surface area contributed by atoms with E-state index >= 15 is 0 Å². The lowest BCUT2D eigenvalue weighted by atomic mass is 9.92. The Morgan fingerprint density at radius 3 is 2.60 bits per heavy atom. The highest BCUT2D eigenvalue weighted by molar-refractivity contribution is 7.08. The molecule has 0 saturated carbocycles. The number of nitrogens with zero attached hydrogens (tertiary/aromatic N) is 1. The Kier molecular flexibility index (Phi) is 3.71. The first-order chi connectivity index (χ1) is 12.1. The van der Waals surface area contributed by atoms with Crippen molar-refractivity contribution in [3.05, 3.63) is 87.8 Å². The molecule has 0 aliphatic carbocycles. The zero-order valence-corrected chi connectivity index (χ0v) is 14.9. The summed E-state index contributed by atoms with van der Waals surface area (Å²) in [6.07, 6.45) is 7.80. The van der Waals surface area contributed by atoms with E-state index in [0.29, 0.717) is 5.57 Å². The molecule has 1 aromatic heterocycles. The van der Waals surface area contributed by atoms with Gasteiger partial charge in [-0.3, -0.25) is 4.79 Å². The minimum absolute atomic E-state index is 0.0476. The summed E-state index contributed by atoms with van der Waals surface area (Å²) in [7, 11) is 0. The van der Waals surface area contributed by atoms with Crippen molar-refractivity contribution >= 4 is 22.8 Å². The molecule has 25 heavy (non-hydrogen) atoms. The van der Waals surface area contributed by atoms with E-state index in [4.69, 9.17) is 0 Å². The van der Waals surface area contributed by atoms with Gasteiger partial charge in [-0.1, -0.05) is 53.8 Å². The van der Waals surface area contributed by atoms with Crippen LogP contribution in [0, 0.1) is 18.8 Å². The average Bonchev–Trinajstić information content (AvgIpc) is 3.20. The molecule has 0 fully saturated rings. The summed E-state index contributed by atoms with van der Waals surface area (Å²) < 4.78 is 0. The molecule has 2 aliphatic rings. The number of carbonyl (C=O) groups excluding carboxylic acids is 1. The Bertz CT molecular complexity index is 981. The summed E-state index contributed by atoms with van der Waals surface area (Å²) in [6.45, 7) is 4.01. The number of Topliss-reactive ketones (excluding diaryl/α,β-unsaturated/α-hetero) is 1. The van der Waals surface area contributed by atoms with Gasteiger partial charge in [-0.2, -0.15) is 11.3 Å². The van der Waals surface area contributed by atoms with E-state index in [0.717, 1.165) is 16.8 Å². The van der Waals surface area contributed by atoms with Gasteiger partial charge in [0.15, 0.2) is 0 Å². The quantitative estimate of drug-likeness (QED) is 0.708. The molecule has 0 spiro atoms. The molecule has 1 unspecified atom stereocenters. The number of benzene rings is 1. The fourth-order valence-corrected chi connectivity index (χ4v) is 3.76. The third-order valence-corrected chi connectivity index (χ3v) is 5.29. The van der Waals surface area contributed by atoms with Gasteiger partial charge in [-0.15, -0.1) is 0 Å². The smallest absolute Gasteiger partial charge is 0.202 e. The first-order valence-corrected chi connectivity index (χ1v) is 9.09. The number of hydrogen-bond donors (Lipinski definition) is 0. The number of fused-ring (bicyclic) bond motifs is 1. The van der Waals surface area contributed by atoms with Crippen LogP contribution in [0.3, 0.4) is 0 Å². The van der Waals surface area contributed by atoms with Crippen molar-refractivity contribution in [3.63, 3.8) is 0 Å². The maximum atomic E-state index is 13.2. The molecule has 3 heteroatoms. The van der Waals surface area contributed by atoms with Crippen LogP contribution in [0.1, 0.15) is 23.6 Å². The fourth-order valence-electron chi connectivity index (χ4n) is 3.17. The number of hydrogen-bond acceptors (Lipinski definition) is 3. The second-order valence-corrected chi connectivity index (χ2v) is 7.18. The lowest BCUT2D eigenvalue weighted by Gasteiger charge is -2.34. The van der Waals surface area contributed by atoms with Crippen molar-refractivity contribution in [2.24, 2.45) is 0 Å². The van der Waals surface area contributed by atoms with Crippen LogP contribution in [0.25, 0.3) is 5.70 Å². The van der Waals surface area contributed by atoms with Gasteiger partial charge in [-0.05, 0) is 36.9 Å². The standard InChI is InChI=1S/C22H17NOS/c1-16-5-8-18(9-6-16)20-19(10-7-17-11-14-25-15-17)21(24)22(2)12-3-4-13-23(20)22/h3-6,8-9,11-15H,1-2H3. The van der Waals surface area contributed by atoms with Crippen LogP contribution in [-0.2, 0) is 4.79 Å². The molecule has 0 bridgehead atoms. The summed E-state index contributed by atoms with van der Waals surface area (Å²) in [6, 6.07) is 10.2. The molecule has 0 amide bonds. The first-order valence-electron chi connectivity index (χ1n) is 8.15. The molecule has 4 rings (SSSR count). The van der Waals surface area contributed by atoms with Gasteiger partial charge in [0.1, 0.15) is 5.54 Å². The summed E-state index contributed by atoms with van der Waals surface area (Å²) in [5.41, 5.74) is 3.90. The molecule has 0 radical (unpaired) electrons. The molecular weight excluding hydrogens is 326 g/mol. The first kappa shape index (κ1) is 15.7. The Morgan fingerprint density at radius 1 is 1.08 bits per heavy atom. The maximum absolute atomic E-state index is 13.2. The van der Waals surface area contributed by atoms with Crippen LogP contribution < -0.4 is 0 Å². The zero-order chi connectivity index (χ0) is 17.4. The third kappa shape index (κ3) is 2.56. The second-order valence-electron chi connectivity index (χ2n) is 6.40. The lowest BCUT2D eigenvalue weighted by Crippen LogP contribution is -2.43. The molecule has 0 saturated heterocycles. The second kappa shape index (κ2) is 5.91. The van der Waals surface area contributed by atoms with Gasteiger partial charge in [0, 0.05) is 17.1 Å². The van der Waals surface area contributed by atoms with Gasteiger partial charge in [0.2, 0.25) is 5.78 Å². The molecule has 2 aliphatic heterocycles. The summed E-state index contributed by atoms with van der Waals surface area (Å²) in [4.78, 5) is 15.2. The normalized spacial score (nSPS) is 21.4. The number of carbonyl (C=O) groups is 1. The number of allylic oxidation sites excluding steroid dienone is 2. The van der Waals surface area contributed by atoms with E-state index in [1.54, 1.807) is 11.3 Å². The predicted molar refractivity (Wildman–Crippen MR) is 103 cm³/mol. The van der Waals surface area contributed by atoms with Crippen LogP contribution in [0.15, 0.2) is 71.1 Å². The van der Waals surface area contributed by atoms with Crippen molar-refractivity contribution in [1.82, 2.24) is 4.90 Å². The monoisotopic (exact) mass is 343 g/mol. The highest BCUT2D eigenvalue weighted by atomic mass is 32.1. The van der Waals surface area contributed by atoms with Gasteiger partial charge in [0.05, 0.1) is 11.3 Å². The predicted octanol–water partition coefficient (Wildman–Crippen LogP) is 4.55. The average molecular weight is 343 g/mol. The largest absolute Gasteiger partial charge is 0.329 e. The summed E-state index contributed by atoms with van der Waals surface area (Å²) in [5, 5.41) is 3.99. The SMILES string of the molecule is Cc1ccc(C2=C(C#Cc3ccsc3)C(=O)C3(C)C=CC=CN23)cc1. The van der Waals surface area contributed by atoms with E-state index < -0.39 is 5.54 Å². The van der Waals surface area contributed by atoms with Crippen LogP contribution in [0.5, 0.6) is 0 Å². The number of rotatable bonds is 1. The topological polar surface area (TPSA) is 20.3 Å². The third-order valence-electron chi connectivity index (χ3n) is 4.61. The Morgan fingerprint density at radius 2 is 1.88 bits per heavy atom. The van der Waals surface area contributed by atoms with E-state index in [-0.39, 0.29) is 5.78 Å². The number of ketones is 1. The van der Waals surface area contributed by atoms with E-state index in [9.17, 15) is 4.79 Å². The molecule has 122 valence electrons. The van der Waals surface area contributed by atoms with Crippen LogP contribution >= 0.6 is 11.3 Å². The molecule has 1 aromatic carbocycles. The van der Waals surface area contributed by atoms with Gasteiger partial charge in [-0.25, -0.2) is 0 Å².